The fraction of sp³-hybridized carbons (Fsp3) is 0.810. The Bertz CT molecular complexity index is 606. The van der Waals surface area contributed by atoms with Gasteiger partial charge in [0.1, 0.15) is 5.60 Å². The number of carbonyl (C=O) groups is 2. The van der Waals surface area contributed by atoms with E-state index in [0.717, 1.165) is 18.8 Å². The summed E-state index contributed by atoms with van der Waals surface area (Å²) < 4.78 is 0. The second kappa shape index (κ2) is 6.75. The molecule has 148 valence electrons. The number of rotatable bonds is 4. The highest BCUT2D eigenvalue weighted by atomic mass is 16.3. The number of ketones is 2. The average molecular weight is 366 g/mol. The van der Waals surface area contributed by atoms with Gasteiger partial charge in [0.15, 0.2) is 11.6 Å². The largest absolute Gasteiger partial charge is 0.515 e. The van der Waals surface area contributed by atoms with Crippen molar-refractivity contribution in [1.29, 1.82) is 0 Å². The van der Waals surface area contributed by atoms with Gasteiger partial charge in [-0.15, -0.1) is 0 Å². The number of fused-ring (bicyclic) bond motifs is 1. The summed E-state index contributed by atoms with van der Waals surface area (Å²) in [6.45, 7) is 11.0. The van der Waals surface area contributed by atoms with Crippen LogP contribution in [-0.4, -0.2) is 38.1 Å². The number of hydrogen-bond acceptors (Lipinski definition) is 5. The van der Waals surface area contributed by atoms with Crippen molar-refractivity contribution in [2.75, 3.05) is 0 Å². The van der Waals surface area contributed by atoms with Crippen LogP contribution in [0.1, 0.15) is 60.8 Å². The lowest BCUT2D eigenvalue weighted by Crippen LogP contribution is -2.69. The van der Waals surface area contributed by atoms with E-state index in [4.69, 9.17) is 0 Å². The molecule has 2 saturated carbocycles. The number of hydrogen-bond donors (Lipinski definition) is 3. The maximum atomic E-state index is 13.3. The summed E-state index contributed by atoms with van der Waals surface area (Å²) in [6.07, 6.45) is 3.37. The maximum Gasteiger partial charge on any atom is 0.167 e. The standard InChI is InChI=1S/C21H34O5/c1-7-12(2)17-20(5,15(23)8-9-22)16-13(3)10-19(4,25)11-14(16)18(24)21(17,6)26/h8-9,12-14,16-17,22,25-26H,7,10-11H2,1-6H3/b9-8-/t12-,13+,14-,16-,17+,19+,20-,21-/m0/s1. The Morgan fingerprint density at radius 3 is 2.35 bits per heavy atom. The van der Waals surface area contributed by atoms with Gasteiger partial charge < -0.3 is 15.3 Å². The topological polar surface area (TPSA) is 94.8 Å². The van der Waals surface area contributed by atoms with Crippen molar-refractivity contribution in [2.45, 2.75) is 72.0 Å². The van der Waals surface area contributed by atoms with Gasteiger partial charge in [-0.3, -0.25) is 9.59 Å². The van der Waals surface area contributed by atoms with Crippen molar-refractivity contribution in [1.82, 2.24) is 0 Å². The molecule has 0 bridgehead atoms. The van der Waals surface area contributed by atoms with Gasteiger partial charge in [-0.2, -0.15) is 0 Å². The molecule has 0 amide bonds. The Labute approximate surface area is 156 Å². The quantitative estimate of drug-likeness (QED) is 0.525. The normalized spacial score (nSPS) is 47.6. The number of allylic oxidation sites excluding steroid dienone is 1. The lowest BCUT2D eigenvalue weighted by atomic mass is 9.42. The Kier molecular flexibility index (Phi) is 5.48. The fourth-order valence-electron chi connectivity index (χ4n) is 6.43. The predicted octanol–water partition coefficient (Wildman–Crippen LogP) is 3.04. The molecule has 2 fully saturated rings. The van der Waals surface area contributed by atoms with Crippen LogP contribution in [0.2, 0.25) is 0 Å². The molecule has 0 aromatic rings. The fourth-order valence-corrected chi connectivity index (χ4v) is 6.43. The molecule has 3 N–H and O–H groups in total. The van der Waals surface area contributed by atoms with E-state index >= 15 is 0 Å². The van der Waals surface area contributed by atoms with E-state index in [-0.39, 0.29) is 35.7 Å². The van der Waals surface area contributed by atoms with Crippen molar-refractivity contribution >= 4 is 11.6 Å². The molecular weight excluding hydrogens is 332 g/mol. The Hall–Kier alpha value is -1.20. The molecule has 2 aliphatic carbocycles. The first kappa shape index (κ1) is 21.1. The summed E-state index contributed by atoms with van der Waals surface area (Å²) in [4.78, 5) is 26.4. The first-order valence-electron chi connectivity index (χ1n) is 9.68. The van der Waals surface area contributed by atoms with Gasteiger partial charge in [0.05, 0.1) is 11.9 Å². The van der Waals surface area contributed by atoms with Crippen LogP contribution in [0.3, 0.4) is 0 Å². The van der Waals surface area contributed by atoms with Crippen molar-refractivity contribution in [3.05, 3.63) is 12.3 Å². The minimum atomic E-state index is -1.66. The third kappa shape index (κ3) is 3.03. The van der Waals surface area contributed by atoms with E-state index in [9.17, 15) is 24.9 Å². The van der Waals surface area contributed by atoms with Crippen molar-refractivity contribution < 1.29 is 24.9 Å². The summed E-state index contributed by atoms with van der Waals surface area (Å²) in [5.41, 5.74) is -3.64. The highest BCUT2D eigenvalue weighted by Crippen LogP contribution is 2.61. The molecule has 2 aliphatic rings. The maximum absolute atomic E-state index is 13.3. The number of aliphatic hydroxyl groups is 3. The second-order valence-electron chi connectivity index (χ2n) is 9.35. The lowest BCUT2D eigenvalue weighted by molar-refractivity contribution is -0.203. The third-order valence-electron chi connectivity index (χ3n) is 7.22. The molecular formula is C21H34O5. The summed E-state index contributed by atoms with van der Waals surface area (Å²) in [5.74, 6) is -2.05. The molecule has 0 heterocycles. The number of carbonyl (C=O) groups excluding carboxylic acids is 2. The van der Waals surface area contributed by atoms with Crippen LogP contribution in [0.4, 0.5) is 0 Å². The molecule has 0 radical (unpaired) electrons. The minimum absolute atomic E-state index is 0.0504. The highest BCUT2D eigenvalue weighted by Gasteiger charge is 2.67. The van der Waals surface area contributed by atoms with Crippen LogP contribution in [0.5, 0.6) is 0 Å². The van der Waals surface area contributed by atoms with E-state index in [0.29, 0.717) is 6.42 Å². The van der Waals surface area contributed by atoms with E-state index in [1.54, 1.807) is 6.92 Å². The van der Waals surface area contributed by atoms with Gasteiger partial charge in [-0.1, -0.05) is 34.1 Å². The van der Waals surface area contributed by atoms with E-state index < -0.39 is 28.5 Å². The van der Waals surface area contributed by atoms with E-state index in [1.165, 1.54) is 6.92 Å². The first-order valence-corrected chi connectivity index (χ1v) is 9.68. The van der Waals surface area contributed by atoms with Gasteiger partial charge in [0.2, 0.25) is 0 Å². The second-order valence-corrected chi connectivity index (χ2v) is 9.35. The molecule has 0 spiro atoms. The van der Waals surface area contributed by atoms with Gasteiger partial charge >= 0.3 is 0 Å². The summed E-state index contributed by atoms with van der Waals surface area (Å²) in [6, 6.07) is 0. The zero-order chi connectivity index (χ0) is 20.1. The molecule has 5 nitrogen and oxygen atoms in total. The SMILES string of the molecule is CC[C@H](C)[C@@H]1[C@@](C)(C(=O)/C=C\O)[C@H]2[C@H](C)C[C@@](C)(O)C[C@@H]2C(=O)[C@@]1(C)O. The molecule has 0 aromatic heterocycles. The molecule has 8 atom stereocenters. The smallest absolute Gasteiger partial charge is 0.167 e. The molecule has 2 rings (SSSR count). The Morgan fingerprint density at radius 1 is 1.27 bits per heavy atom. The monoisotopic (exact) mass is 366 g/mol. The Balaban J connectivity index is 2.71. The van der Waals surface area contributed by atoms with Crippen LogP contribution in [0.25, 0.3) is 0 Å². The van der Waals surface area contributed by atoms with Crippen molar-refractivity contribution in [3.63, 3.8) is 0 Å². The van der Waals surface area contributed by atoms with Gasteiger partial charge in [0.25, 0.3) is 0 Å². The van der Waals surface area contributed by atoms with E-state index in [1.807, 2.05) is 27.7 Å². The average Bonchev–Trinajstić information content (AvgIpc) is 2.50. The molecule has 5 heteroatoms. The van der Waals surface area contributed by atoms with Crippen LogP contribution < -0.4 is 0 Å². The van der Waals surface area contributed by atoms with Crippen molar-refractivity contribution in [3.8, 4) is 0 Å². The summed E-state index contributed by atoms with van der Waals surface area (Å²) >= 11 is 0. The van der Waals surface area contributed by atoms with Gasteiger partial charge in [0, 0.05) is 23.3 Å². The first-order chi connectivity index (χ1) is 11.8. The van der Waals surface area contributed by atoms with Crippen LogP contribution >= 0.6 is 0 Å². The summed E-state index contributed by atoms with van der Waals surface area (Å²) in [7, 11) is 0. The zero-order valence-electron chi connectivity index (χ0n) is 16.8. The highest BCUT2D eigenvalue weighted by molar-refractivity contribution is 6.00. The lowest BCUT2D eigenvalue weighted by Gasteiger charge is -2.61. The molecule has 0 unspecified atom stereocenters. The van der Waals surface area contributed by atoms with Crippen molar-refractivity contribution in [2.24, 2.45) is 35.0 Å². The molecule has 0 saturated heterocycles. The molecule has 0 aromatic carbocycles. The predicted molar refractivity (Wildman–Crippen MR) is 99.5 cm³/mol. The molecule has 0 aliphatic heterocycles. The minimum Gasteiger partial charge on any atom is -0.515 e. The third-order valence-corrected chi connectivity index (χ3v) is 7.22. The summed E-state index contributed by atoms with van der Waals surface area (Å²) in [5, 5.41) is 31.1. The Morgan fingerprint density at radius 2 is 1.85 bits per heavy atom. The van der Waals surface area contributed by atoms with Gasteiger partial charge in [-0.05, 0) is 44.4 Å². The zero-order valence-corrected chi connectivity index (χ0v) is 16.8. The number of Topliss-reactive ketones (excluding diaryl/α,β-unsaturated/α-hetero) is 1. The van der Waals surface area contributed by atoms with Crippen LogP contribution in [-0.2, 0) is 9.59 Å². The van der Waals surface area contributed by atoms with E-state index in [2.05, 4.69) is 0 Å². The van der Waals surface area contributed by atoms with Gasteiger partial charge in [-0.25, -0.2) is 0 Å². The van der Waals surface area contributed by atoms with Crippen LogP contribution in [0.15, 0.2) is 12.3 Å². The van der Waals surface area contributed by atoms with Crippen LogP contribution in [0, 0.1) is 35.0 Å². The number of aliphatic hydroxyl groups excluding tert-OH is 1. The molecule has 26 heavy (non-hydrogen) atoms.